The van der Waals surface area contributed by atoms with Crippen molar-refractivity contribution in [1.29, 1.82) is 0 Å². The van der Waals surface area contributed by atoms with Gasteiger partial charge in [0, 0.05) is 23.2 Å². The van der Waals surface area contributed by atoms with Crippen molar-refractivity contribution >= 4 is 27.0 Å². The molecule has 0 saturated heterocycles. The SMILES string of the molecule is CCS(=O)(=O)Nc1ccc([C@@H](C)NCCc2cccs2)cc1. The average Bonchev–Trinajstić information content (AvgIpc) is 3.01. The summed E-state index contributed by atoms with van der Waals surface area (Å²) >= 11 is 1.77. The number of rotatable bonds is 8. The number of anilines is 1. The Bertz CT molecular complexity index is 665. The van der Waals surface area contributed by atoms with Gasteiger partial charge < -0.3 is 5.32 Å². The predicted octanol–water partition coefficient (Wildman–Crippen LogP) is 3.40. The summed E-state index contributed by atoms with van der Waals surface area (Å²) in [5.41, 5.74) is 1.75. The molecule has 1 atom stereocenters. The van der Waals surface area contributed by atoms with E-state index in [0.29, 0.717) is 5.69 Å². The van der Waals surface area contributed by atoms with Gasteiger partial charge >= 0.3 is 0 Å². The second-order valence-electron chi connectivity index (χ2n) is 5.13. The smallest absolute Gasteiger partial charge is 0.232 e. The van der Waals surface area contributed by atoms with Gasteiger partial charge in [0.1, 0.15) is 0 Å². The van der Waals surface area contributed by atoms with Crippen LogP contribution in [0.5, 0.6) is 0 Å². The van der Waals surface area contributed by atoms with E-state index >= 15 is 0 Å². The summed E-state index contributed by atoms with van der Waals surface area (Å²) in [6.45, 7) is 4.65. The molecule has 0 spiro atoms. The van der Waals surface area contributed by atoms with Gasteiger partial charge in [0.15, 0.2) is 0 Å². The molecule has 22 heavy (non-hydrogen) atoms. The van der Waals surface area contributed by atoms with Gasteiger partial charge in [-0.25, -0.2) is 8.42 Å². The molecule has 0 unspecified atom stereocenters. The molecule has 0 aliphatic heterocycles. The molecule has 1 heterocycles. The van der Waals surface area contributed by atoms with Crippen molar-refractivity contribution in [3.63, 3.8) is 0 Å². The van der Waals surface area contributed by atoms with Gasteiger partial charge in [0.05, 0.1) is 5.75 Å². The number of thiophene rings is 1. The van der Waals surface area contributed by atoms with Gasteiger partial charge in [-0.2, -0.15) is 0 Å². The number of hydrogen-bond acceptors (Lipinski definition) is 4. The first kappa shape index (κ1) is 17.0. The van der Waals surface area contributed by atoms with E-state index in [-0.39, 0.29) is 11.8 Å². The monoisotopic (exact) mass is 338 g/mol. The van der Waals surface area contributed by atoms with E-state index in [2.05, 4.69) is 34.5 Å². The van der Waals surface area contributed by atoms with Crippen LogP contribution in [0.25, 0.3) is 0 Å². The molecule has 0 saturated carbocycles. The number of hydrogen-bond donors (Lipinski definition) is 2. The molecule has 4 nitrogen and oxygen atoms in total. The molecule has 1 aromatic carbocycles. The van der Waals surface area contributed by atoms with E-state index in [0.717, 1.165) is 18.5 Å². The highest BCUT2D eigenvalue weighted by Gasteiger charge is 2.08. The Kier molecular flexibility index (Phi) is 5.99. The van der Waals surface area contributed by atoms with Crippen LogP contribution in [-0.4, -0.2) is 20.7 Å². The molecule has 1 aromatic heterocycles. The first-order valence-electron chi connectivity index (χ1n) is 7.36. The summed E-state index contributed by atoms with van der Waals surface area (Å²) in [4.78, 5) is 1.38. The zero-order valence-corrected chi connectivity index (χ0v) is 14.5. The van der Waals surface area contributed by atoms with E-state index < -0.39 is 10.0 Å². The maximum Gasteiger partial charge on any atom is 0.232 e. The third kappa shape index (κ3) is 5.12. The third-order valence-electron chi connectivity index (χ3n) is 3.47. The Morgan fingerprint density at radius 1 is 1.18 bits per heavy atom. The van der Waals surface area contributed by atoms with Gasteiger partial charge in [-0.05, 0) is 49.4 Å². The molecule has 2 aromatic rings. The normalized spacial score (nSPS) is 13.0. The maximum atomic E-state index is 11.5. The lowest BCUT2D eigenvalue weighted by molar-refractivity contribution is 0.578. The highest BCUT2D eigenvalue weighted by atomic mass is 32.2. The number of nitrogens with one attached hydrogen (secondary N) is 2. The summed E-state index contributed by atoms with van der Waals surface area (Å²) in [6.07, 6.45) is 1.02. The van der Waals surface area contributed by atoms with Gasteiger partial charge in [-0.1, -0.05) is 18.2 Å². The standard InChI is InChI=1S/C16H22N2O2S2/c1-3-22(19,20)18-15-8-6-14(7-9-15)13(2)17-11-10-16-5-4-12-21-16/h4-9,12-13,17-18H,3,10-11H2,1-2H3/t13-/m1/s1. The van der Waals surface area contributed by atoms with Crippen molar-refractivity contribution in [3.05, 3.63) is 52.2 Å². The molecule has 6 heteroatoms. The Morgan fingerprint density at radius 2 is 1.91 bits per heavy atom. The van der Waals surface area contributed by atoms with Crippen molar-refractivity contribution in [2.75, 3.05) is 17.0 Å². The van der Waals surface area contributed by atoms with Crippen LogP contribution >= 0.6 is 11.3 Å². The average molecular weight is 338 g/mol. The fraction of sp³-hybridized carbons (Fsp3) is 0.375. The Hall–Kier alpha value is -1.37. The summed E-state index contributed by atoms with van der Waals surface area (Å²) in [7, 11) is -3.21. The van der Waals surface area contributed by atoms with Crippen molar-refractivity contribution < 1.29 is 8.42 Å². The Labute approximate surface area is 136 Å². The van der Waals surface area contributed by atoms with Crippen LogP contribution in [0.15, 0.2) is 41.8 Å². The molecule has 0 fully saturated rings. The fourth-order valence-electron chi connectivity index (χ4n) is 2.08. The summed E-state index contributed by atoms with van der Waals surface area (Å²) in [6, 6.07) is 12.0. The van der Waals surface area contributed by atoms with E-state index in [1.54, 1.807) is 30.4 Å². The maximum absolute atomic E-state index is 11.5. The third-order valence-corrected chi connectivity index (χ3v) is 5.71. The van der Waals surface area contributed by atoms with Crippen LogP contribution in [0.4, 0.5) is 5.69 Å². The van der Waals surface area contributed by atoms with Gasteiger partial charge in [-0.15, -0.1) is 11.3 Å². The zero-order chi connectivity index (χ0) is 16.0. The molecule has 120 valence electrons. The number of benzene rings is 1. The minimum Gasteiger partial charge on any atom is -0.310 e. The lowest BCUT2D eigenvalue weighted by Crippen LogP contribution is -2.21. The van der Waals surface area contributed by atoms with Crippen LogP contribution in [0, 0.1) is 0 Å². The van der Waals surface area contributed by atoms with Crippen LogP contribution in [-0.2, 0) is 16.4 Å². The molecular weight excluding hydrogens is 316 g/mol. The van der Waals surface area contributed by atoms with E-state index in [4.69, 9.17) is 0 Å². The van der Waals surface area contributed by atoms with E-state index in [1.807, 2.05) is 12.1 Å². The minimum atomic E-state index is -3.21. The van der Waals surface area contributed by atoms with Crippen LogP contribution < -0.4 is 10.0 Å². The highest BCUT2D eigenvalue weighted by Crippen LogP contribution is 2.17. The van der Waals surface area contributed by atoms with Gasteiger partial charge in [0.25, 0.3) is 0 Å². The minimum absolute atomic E-state index is 0.0788. The lowest BCUT2D eigenvalue weighted by atomic mass is 10.1. The first-order valence-corrected chi connectivity index (χ1v) is 9.89. The second kappa shape index (κ2) is 7.76. The largest absolute Gasteiger partial charge is 0.310 e. The summed E-state index contributed by atoms with van der Waals surface area (Å²) in [5, 5.41) is 5.58. The van der Waals surface area contributed by atoms with E-state index in [9.17, 15) is 8.42 Å². The first-order chi connectivity index (χ1) is 10.5. The topological polar surface area (TPSA) is 58.2 Å². The van der Waals surface area contributed by atoms with Crippen molar-refractivity contribution in [3.8, 4) is 0 Å². The quantitative estimate of drug-likeness (QED) is 0.775. The summed E-state index contributed by atoms with van der Waals surface area (Å²) < 4.78 is 25.6. The molecule has 2 N–H and O–H groups in total. The molecule has 2 rings (SSSR count). The van der Waals surface area contributed by atoms with Gasteiger partial charge in [-0.3, -0.25) is 4.72 Å². The predicted molar refractivity (Wildman–Crippen MR) is 94.0 cm³/mol. The van der Waals surface area contributed by atoms with Crippen LogP contribution in [0.3, 0.4) is 0 Å². The zero-order valence-electron chi connectivity index (χ0n) is 12.9. The molecule has 0 aliphatic carbocycles. The van der Waals surface area contributed by atoms with Crippen molar-refractivity contribution in [1.82, 2.24) is 5.32 Å². The van der Waals surface area contributed by atoms with Crippen LogP contribution in [0.1, 0.15) is 30.3 Å². The molecular formula is C16H22N2O2S2. The van der Waals surface area contributed by atoms with Crippen molar-refractivity contribution in [2.24, 2.45) is 0 Å². The number of sulfonamides is 1. The second-order valence-corrected chi connectivity index (χ2v) is 8.18. The van der Waals surface area contributed by atoms with Gasteiger partial charge in [0.2, 0.25) is 10.0 Å². The van der Waals surface area contributed by atoms with Crippen molar-refractivity contribution in [2.45, 2.75) is 26.3 Å². The summed E-state index contributed by atoms with van der Waals surface area (Å²) in [5.74, 6) is 0.0788. The lowest BCUT2D eigenvalue weighted by Gasteiger charge is -2.15. The molecule has 0 bridgehead atoms. The molecule has 0 radical (unpaired) electrons. The Balaban J connectivity index is 1.86. The van der Waals surface area contributed by atoms with E-state index in [1.165, 1.54) is 4.88 Å². The Morgan fingerprint density at radius 3 is 2.50 bits per heavy atom. The molecule has 0 aliphatic rings. The highest BCUT2D eigenvalue weighted by molar-refractivity contribution is 7.92. The fourth-order valence-corrected chi connectivity index (χ4v) is 3.42. The molecule has 0 amide bonds. The van der Waals surface area contributed by atoms with Crippen LogP contribution in [0.2, 0.25) is 0 Å².